The first-order valence-electron chi connectivity index (χ1n) is 10.6. The number of Topliss-reactive ketones (excluding diaryl/α,β-unsaturated/α-hetero) is 1. The van der Waals surface area contributed by atoms with Crippen molar-refractivity contribution in [3.63, 3.8) is 0 Å². The number of rotatable bonds is 9. The minimum absolute atomic E-state index is 0.367. The van der Waals surface area contributed by atoms with E-state index in [4.69, 9.17) is 14.2 Å². The van der Waals surface area contributed by atoms with Crippen LogP contribution >= 0.6 is 0 Å². The predicted octanol–water partition coefficient (Wildman–Crippen LogP) is 0.658. The lowest BCUT2D eigenvalue weighted by Crippen LogP contribution is -2.43. The highest BCUT2D eigenvalue weighted by atomic mass is 19.1. The first-order chi connectivity index (χ1) is 16.0. The number of ether oxygens (including phenoxy) is 3. The van der Waals surface area contributed by atoms with Crippen molar-refractivity contribution in [2.45, 2.75) is 72.4 Å². The van der Waals surface area contributed by atoms with Crippen LogP contribution in [0.1, 0.15) is 48.0 Å². The molecule has 1 aromatic rings. The number of nitrogens with zero attached hydrogens (tertiary/aromatic N) is 2. The fourth-order valence-corrected chi connectivity index (χ4v) is 2.37. The molecule has 0 bridgehead atoms. The summed E-state index contributed by atoms with van der Waals surface area (Å²) in [5.74, 6) is -2.81. The topological polar surface area (TPSA) is 164 Å². The van der Waals surface area contributed by atoms with E-state index in [1.807, 2.05) is 0 Å². The third kappa shape index (κ3) is 11.3. The van der Waals surface area contributed by atoms with Gasteiger partial charge in [-0.1, -0.05) is 0 Å². The molecule has 196 valence electrons. The van der Waals surface area contributed by atoms with Crippen molar-refractivity contribution in [3.8, 4) is 0 Å². The van der Waals surface area contributed by atoms with E-state index < -0.39 is 78.6 Å². The van der Waals surface area contributed by atoms with Crippen LogP contribution < -0.4 is 21.9 Å². The summed E-state index contributed by atoms with van der Waals surface area (Å²) in [6, 6.07) is 0. The van der Waals surface area contributed by atoms with Gasteiger partial charge in [0.15, 0.2) is 12.5 Å². The molecule has 14 heteroatoms. The Labute approximate surface area is 200 Å². The highest BCUT2D eigenvalue weighted by molar-refractivity contribution is 5.83. The summed E-state index contributed by atoms with van der Waals surface area (Å²) >= 11 is 0. The van der Waals surface area contributed by atoms with E-state index in [0.717, 1.165) is 0 Å². The van der Waals surface area contributed by atoms with E-state index >= 15 is 0 Å². The standard InChI is InChI=1S/C21H31FN4O9/c1-20(2,3)34-17(30)23-9-13(27)7-8-26-16(29)14(22)11-25(19(26)32)12-33-15(28)10-24-18(31)35-21(4,5)6/h11H,7-10,12H2,1-6H3,(H,23,30)(H,24,31). The van der Waals surface area contributed by atoms with Crippen LogP contribution in [-0.2, 0) is 37.1 Å². The number of esters is 1. The van der Waals surface area contributed by atoms with Crippen molar-refractivity contribution in [2.24, 2.45) is 0 Å². The zero-order valence-corrected chi connectivity index (χ0v) is 20.6. The van der Waals surface area contributed by atoms with Gasteiger partial charge in [-0.05, 0) is 41.5 Å². The molecule has 1 heterocycles. The fraction of sp³-hybridized carbons (Fsp3) is 0.619. The van der Waals surface area contributed by atoms with Gasteiger partial charge < -0.3 is 24.8 Å². The van der Waals surface area contributed by atoms with Crippen LogP contribution in [0.5, 0.6) is 0 Å². The molecule has 0 aliphatic rings. The Morgan fingerprint density at radius 3 is 1.94 bits per heavy atom. The third-order valence-corrected chi connectivity index (χ3v) is 3.78. The lowest BCUT2D eigenvalue weighted by atomic mass is 10.2. The number of halogens is 1. The van der Waals surface area contributed by atoms with Crippen molar-refractivity contribution in [1.29, 1.82) is 0 Å². The quantitative estimate of drug-likeness (QED) is 0.364. The van der Waals surface area contributed by atoms with Crippen molar-refractivity contribution in [3.05, 3.63) is 32.9 Å². The number of hydrogen-bond donors (Lipinski definition) is 2. The molecule has 0 aromatic carbocycles. The molecular formula is C21H31FN4O9. The summed E-state index contributed by atoms with van der Waals surface area (Å²) in [5, 5.41) is 4.40. The molecule has 0 unspecified atom stereocenters. The Morgan fingerprint density at radius 1 is 0.914 bits per heavy atom. The average Bonchev–Trinajstić information content (AvgIpc) is 2.69. The van der Waals surface area contributed by atoms with Gasteiger partial charge >= 0.3 is 23.8 Å². The molecular weight excluding hydrogens is 471 g/mol. The van der Waals surface area contributed by atoms with Gasteiger partial charge in [-0.3, -0.25) is 23.5 Å². The smallest absolute Gasteiger partial charge is 0.408 e. The molecule has 0 aliphatic carbocycles. The largest absolute Gasteiger partial charge is 0.444 e. The number of carbonyl (C=O) groups is 4. The van der Waals surface area contributed by atoms with E-state index in [9.17, 15) is 33.2 Å². The molecule has 35 heavy (non-hydrogen) atoms. The first kappa shape index (κ1) is 29.3. The highest BCUT2D eigenvalue weighted by Gasteiger charge is 2.19. The van der Waals surface area contributed by atoms with E-state index in [2.05, 4.69) is 10.6 Å². The second-order valence-electron chi connectivity index (χ2n) is 9.33. The summed E-state index contributed by atoms with van der Waals surface area (Å²) in [7, 11) is 0. The number of hydrogen-bond acceptors (Lipinski definition) is 9. The van der Waals surface area contributed by atoms with Gasteiger partial charge in [0.05, 0.1) is 12.7 Å². The Hall–Kier alpha value is -3.71. The van der Waals surface area contributed by atoms with Crippen molar-refractivity contribution < 1.29 is 37.8 Å². The lowest BCUT2D eigenvalue weighted by Gasteiger charge is -2.19. The number of amides is 2. The zero-order chi connectivity index (χ0) is 27.0. The summed E-state index contributed by atoms with van der Waals surface area (Å²) in [6.45, 7) is 7.60. The Morgan fingerprint density at radius 2 is 1.43 bits per heavy atom. The molecule has 13 nitrogen and oxygen atoms in total. The van der Waals surface area contributed by atoms with Crippen molar-refractivity contribution >= 4 is 23.9 Å². The number of ketones is 1. The van der Waals surface area contributed by atoms with Gasteiger partial charge in [0.25, 0.3) is 5.56 Å². The molecule has 0 radical (unpaired) electrons. The highest BCUT2D eigenvalue weighted by Crippen LogP contribution is 2.07. The molecule has 0 aliphatic heterocycles. The van der Waals surface area contributed by atoms with Gasteiger partial charge in [-0.25, -0.2) is 14.4 Å². The number of alkyl carbamates (subject to hydrolysis) is 2. The molecule has 2 N–H and O–H groups in total. The summed E-state index contributed by atoms with van der Waals surface area (Å²) < 4.78 is 29.9. The monoisotopic (exact) mass is 502 g/mol. The summed E-state index contributed by atoms with van der Waals surface area (Å²) in [6.07, 6.45) is -1.49. The molecule has 0 fully saturated rings. The summed E-state index contributed by atoms with van der Waals surface area (Å²) in [4.78, 5) is 71.4. The van der Waals surface area contributed by atoms with Gasteiger partial charge in [0.2, 0.25) is 5.82 Å². The molecule has 0 atom stereocenters. The molecule has 1 rings (SSSR count). The van der Waals surface area contributed by atoms with Gasteiger partial charge in [0, 0.05) is 13.0 Å². The van der Waals surface area contributed by atoms with Crippen LogP contribution in [0, 0.1) is 5.82 Å². The first-order valence-corrected chi connectivity index (χ1v) is 10.6. The predicted molar refractivity (Wildman–Crippen MR) is 119 cm³/mol. The Balaban J connectivity index is 2.70. The van der Waals surface area contributed by atoms with Gasteiger partial charge in [0.1, 0.15) is 17.7 Å². The second kappa shape index (κ2) is 12.1. The average molecular weight is 502 g/mol. The molecule has 1 aromatic heterocycles. The van der Waals surface area contributed by atoms with E-state index in [1.54, 1.807) is 41.5 Å². The van der Waals surface area contributed by atoms with Crippen LogP contribution in [-0.4, -0.2) is 57.4 Å². The van der Waals surface area contributed by atoms with Gasteiger partial charge in [-0.2, -0.15) is 4.39 Å². The Bertz CT molecular complexity index is 1060. The van der Waals surface area contributed by atoms with Crippen LogP contribution in [0.15, 0.2) is 15.8 Å². The minimum atomic E-state index is -1.31. The maximum absolute atomic E-state index is 14.0. The van der Waals surface area contributed by atoms with Gasteiger partial charge in [-0.15, -0.1) is 0 Å². The van der Waals surface area contributed by atoms with Crippen LogP contribution in [0.2, 0.25) is 0 Å². The number of aromatic nitrogens is 2. The van der Waals surface area contributed by atoms with Crippen LogP contribution in [0.25, 0.3) is 0 Å². The molecule has 0 spiro atoms. The van der Waals surface area contributed by atoms with Crippen molar-refractivity contribution in [1.82, 2.24) is 19.8 Å². The Kier molecular flexibility index (Phi) is 10.2. The normalized spacial score (nSPS) is 11.4. The zero-order valence-electron chi connectivity index (χ0n) is 20.6. The SMILES string of the molecule is CC(C)(C)OC(=O)NCC(=O)CCn1c(=O)c(F)cn(COC(=O)CNC(=O)OC(C)(C)C)c1=O. The number of nitrogens with one attached hydrogen (secondary N) is 2. The minimum Gasteiger partial charge on any atom is -0.444 e. The third-order valence-electron chi connectivity index (χ3n) is 3.78. The molecule has 2 amide bonds. The molecule has 0 saturated heterocycles. The summed E-state index contributed by atoms with van der Waals surface area (Å²) in [5.41, 5.74) is -3.84. The van der Waals surface area contributed by atoms with E-state index in [-0.39, 0.29) is 6.42 Å². The van der Waals surface area contributed by atoms with E-state index in [1.165, 1.54) is 0 Å². The molecule has 0 saturated carbocycles. The maximum Gasteiger partial charge on any atom is 0.408 e. The van der Waals surface area contributed by atoms with Crippen LogP contribution in [0.4, 0.5) is 14.0 Å². The fourth-order valence-electron chi connectivity index (χ4n) is 2.37. The number of carbonyl (C=O) groups excluding carboxylic acids is 4. The lowest BCUT2D eigenvalue weighted by molar-refractivity contribution is -0.146. The van der Waals surface area contributed by atoms with Crippen molar-refractivity contribution in [2.75, 3.05) is 13.1 Å². The maximum atomic E-state index is 14.0. The van der Waals surface area contributed by atoms with Crippen LogP contribution in [0.3, 0.4) is 0 Å². The van der Waals surface area contributed by atoms with E-state index in [0.29, 0.717) is 15.3 Å². The second-order valence-corrected chi connectivity index (χ2v) is 9.33.